The van der Waals surface area contributed by atoms with Gasteiger partial charge in [-0.25, -0.2) is 0 Å². The van der Waals surface area contributed by atoms with E-state index in [1.807, 2.05) is 38.2 Å². The molecule has 1 rings (SSSR count). The highest BCUT2D eigenvalue weighted by Crippen LogP contribution is 2.25. The highest BCUT2D eigenvalue weighted by Gasteiger charge is 2.06. The average molecular weight is 303 g/mol. The summed E-state index contributed by atoms with van der Waals surface area (Å²) >= 11 is 0. The molecule has 1 aromatic rings. The SMILES string of the molecule is CNC(C)CNC(=O)CCOc1ccccc1OC.Cl. The van der Waals surface area contributed by atoms with Crippen LogP contribution in [0.3, 0.4) is 0 Å². The second kappa shape index (κ2) is 10.3. The third-order valence-corrected chi connectivity index (χ3v) is 2.75. The van der Waals surface area contributed by atoms with E-state index in [-0.39, 0.29) is 24.4 Å². The molecule has 114 valence electrons. The molecule has 0 aromatic heterocycles. The van der Waals surface area contributed by atoms with E-state index in [0.717, 1.165) is 0 Å². The monoisotopic (exact) mass is 302 g/mol. The minimum Gasteiger partial charge on any atom is -0.493 e. The predicted octanol–water partition coefficient (Wildman–Crippen LogP) is 1.61. The molecule has 1 unspecified atom stereocenters. The molecule has 0 aliphatic carbocycles. The number of likely N-dealkylation sites (N-methyl/N-ethyl adjacent to an activating group) is 1. The normalized spacial score (nSPS) is 11.2. The Balaban J connectivity index is 0.00000361. The zero-order chi connectivity index (χ0) is 14.1. The van der Waals surface area contributed by atoms with Crippen molar-refractivity contribution in [3.8, 4) is 11.5 Å². The van der Waals surface area contributed by atoms with E-state index in [1.165, 1.54) is 0 Å². The van der Waals surface area contributed by atoms with Crippen LogP contribution in [0.4, 0.5) is 0 Å². The fourth-order valence-electron chi connectivity index (χ4n) is 1.45. The standard InChI is InChI=1S/C14H22N2O3.ClH/c1-11(15-2)10-16-14(17)8-9-19-13-7-5-4-6-12(13)18-3;/h4-7,11,15H,8-10H2,1-3H3,(H,16,17);1H. The fraction of sp³-hybridized carbons (Fsp3) is 0.500. The highest BCUT2D eigenvalue weighted by molar-refractivity contribution is 5.85. The molecule has 6 heteroatoms. The number of nitrogens with one attached hydrogen (secondary N) is 2. The van der Waals surface area contributed by atoms with Crippen LogP contribution >= 0.6 is 12.4 Å². The molecule has 5 nitrogen and oxygen atoms in total. The van der Waals surface area contributed by atoms with Gasteiger partial charge in [0, 0.05) is 12.6 Å². The smallest absolute Gasteiger partial charge is 0.223 e. The molecule has 0 fully saturated rings. The summed E-state index contributed by atoms with van der Waals surface area (Å²) in [5.41, 5.74) is 0. The van der Waals surface area contributed by atoms with Crippen LogP contribution in [0, 0.1) is 0 Å². The van der Waals surface area contributed by atoms with Crippen molar-refractivity contribution in [1.82, 2.24) is 10.6 Å². The number of hydrogen-bond acceptors (Lipinski definition) is 4. The van der Waals surface area contributed by atoms with Gasteiger partial charge in [-0.1, -0.05) is 12.1 Å². The predicted molar refractivity (Wildman–Crippen MR) is 81.9 cm³/mol. The minimum atomic E-state index is -0.0167. The lowest BCUT2D eigenvalue weighted by Crippen LogP contribution is -2.37. The molecular formula is C14H23ClN2O3. The van der Waals surface area contributed by atoms with Gasteiger partial charge in [-0.2, -0.15) is 0 Å². The average Bonchev–Trinajstić information content (AvgIpc) is 2.45. The summed E-state index contributed by atoms with van der Waals surface area (Å²) in [6, 6.07) is 7.65. The number of carbonyl (C=O) groups is 1. The van der Waals surface area contributed by atoms with Crippen LogP contribution in [0.15, 0.2) is 24.3 Å². The molecule has 0 heterocycles. The molecule has 0 saturated heterocycles. The summed E-state index contributed by atoms with van der Waals surface area (Å²) in [5.74, 6) is 1.31. The van der Waals surface area contributed by atoms with Crippen LogP contribution < -0.4 is 20.1 Å². The van der Waals surface area contributed by atoms with Crippen LogP contribution in [0.25, 0.3) is 0 Å². The number of ether oxygens (including phenoxy) is 2. The quantitative estimate of drug-likeness (QED) is 0.766. The van der Waals surface area contributed by atoms with E-state index in [9.17, 15) is 4.79 Å². The van der Waals surface area contributed by atoms with Gasteiger partial charge in [0.15, 0.2) is 11.5 Å². The van der Waals surface area contributed by atoms with Crippen molar-refractivity contribution in [3.63, 3.8) is 0 Å². The topological polar surface area (TPSA) is 59.6 Å². The second-order valence-corrected chi connectivity index (χ2v) is 4.24. The number of methoxy groups -OCH3 is 1. The largest absolute Gasteiger partial charge is 0.493 e. The molecule has 0 aliphatic rings. The molecule has 0 spiro atoms. The molecule has 1 aromatic carbocycles. The Morgan fingerprint density at radius 3 is 2.55 bits per heavy atom. The van der Waals surface area contributed by atoms with Crippen LogP contribution in [0.5, 0.6) is 11.5 Å². The van der Waals surface area contributed by atoms with Gasteiger partial charge in [0.2, 0.25) is 5.91 Å². The maximum Gasteiger partial charge on any atom is 0.223 e. The van der Waals surface area contributed by atoms with E-state index < -0.39 is 0 Å². The summed E-state index contributed by atoms with van der Waals surface area (Å²) in [6.07, 6.45) is 0.328. The summed E-state index contributed by atoms with van der Waals surface area (Å²) in [4.78, 5) is 11.6. The van der Waals surface area contributed by atoms with E-state index in [1.54, 1.807) is 7.11 Å². The Labute approximate surface area is 126 Å². The lowest BCUT2D eigenvalue weighted by atomic mass is 10.3. The van der Waals surface area contributed by atoms with E-state index in [0.29, 0.717) is 31.1 Å². The summed E-state index contributed by atoms with van der Waals surface area (Å²) < 4.78 is 10.7. The minimum absolute atomic E-state index is 0. The Hall–Kier alpha value is -1.46. The zero-order valence-corrected chi connectivity index (χ0v) is 13.0. The van der Waals surface area contributed by atoms with Gasteiger partial charge in [0.05, 0.1) is 20.1 Å². The number of benzene rings is 1. The number of rotatable bonds is 8. The van der Waals surface area contributed by atoms with Gasteiger partial charge >= 0.3 is 0 Å². The first kappa shape index (κ1) is 18.5. The van der Waals surface area contributed by atoms with E-state index in [2.05, 4.69) is 10.6 Å². The molecule has 20 heavy (non-hydrogen) atoms. The number of amides is 1. The molecule has 0 radical (unpaired) electrons. The first-order valence-corrected chi connectivity index (χ1v) is 6.37. The molecule has 0 bridgehead atoms. The molecule has 0 saturated carbocycles. The number of halogens is 1. The van der Waals surface area contributed by atoms with Crippen molar-refractivity contribution in [2.75, 3.05) is 27.3 Å². The summed E-state index contributed by atoms with van der Waals surface area (Å²) in [6.45, 7) is 2.95. The van der Waals surface area contributed by atoms with Gasteiger partial charge in [0.1, 0.15) is 0 Å². The summed E-state index contributed by atoms with van der Waals surface area (Å²) in [7, 11) is 3.45. The Kier molecular flexibility index (Phi) is 9.59. The zero-order valence-electron chi connectivity index (χ0n) is 12.1. The second-order valence-electron chi connectivity index (χ2n) is 4.24. The lowest BCUT2D eigenvalue weighted by Gasteiger charge is -2.12. The third kappa shape index (κ3) is 6.63. The Morgan fingerprint density at radius 1 is 1.30 bits per heavy atom. The number of para-hydroxylation sites is 2. The maximum absolute atomic E-state index is 11.6. The van der Waals surface area contributed by atoms with Gasteiger partial charge in [0.25, 0.3) is 0 Å². The van der Waals surface area contributed by atoms with Gasteiger partial charge in [-0.15, -0.1) is 12.4 Å². The third-order valence-electron chi connectivity index (χ3n) is 2.75. The van der Waals surface area contributed by atoms with E-state index >= 15 is 0 Å². The van der Waals surface area contributed by atoms with Crippen LogP contribution in [0.1, 0.15) is 13.3 Å². The van der Waals surface area contributed by atoms with Crippen molar-refractivity contribution >= 4 is 18.3 Å². The van der Waals surface area contributed by atoms with Crippen LogP contribution in [-0.4, -0.2) is 39.3 Å². The van der Waals surface area contributed by atoms with Crippen molar-refractivity contribution in [2.45, 2.75) is 19.4 Å². The van der Waals surface area contributed by atoms with E-state index in [4.69, 9.17) is 9.47 Å². The Morgan fingerprint density at radius 2 is 1.95 bits per heavy atom. The van der Waals surface area contributed by atoms with Gasteiger partial charge in [-0.3, -0.25) is 4.79 Å². The van der Waals surface area contributed by atoms with Crippen LogP contribution in [-0.2, 0) is 4.79 Å². The van der Waals surface area contributed by atoms with Crippen molar-refractivity contribution in [1.29, 1.82) is 0 Å². The molecular weight excluding hydrogens is 280 g/mol. The van der Waals surface area contributed by atoms with Crippen molar-refractivity contribution in [2.24, 2.45) is 0 Å². The fourth-order valence-corrected chi connectivity index (χ4v) is 1.45. The molecule has 1 amide bonds. The first-order chi connectivity index (χ1) is 9.17. The first-order valence-electron chi connectivity index (χ1n) is 6.37. The van der Waals surface area contributed by atoms with Crippen molar-refractivity contribution < 1.29 is 14.3 Å². The molecule has 1 atom stereocenters. The highest BCUT2D eigenvalue weighted by atomic mass is 35.5. The summed E-state index contributed by atoms with van der Waals surface area (Å²) in [5, 5.41) is 5.89. The molecule has 0 aliphatic heterocycles. The Bertz CT molecular complexity index is 402. The van der Waals surface area contributed by atoms with Crippen molar-refractivity contribution in [3.05, 3.63) is 24.3 Å². The van der Waals surface area contributed by atoms with Gasteiger partial charge < -0.3 is 20.1 Å². The molecule has 2 N–H and O–H groups in total. The number of hydrogen-bond donors (Lipinski definition) is 2. The maximum atomic E-state index is 11.6. The lowest BCUT2D eigenvalue weighted by molar-refractivity contribution is -0.121. The van der Waals surface area contributed by atoms with Crippen LogP contribution in [0.2, 0.25) is 0 Å². The van der Waals surface area contributed by atoms with Gasteiger partial charge in [-0.05, 0) is 26.1 Å². The number of carbonyl (C=O) groups excluding carboxylic acids is 1.